The summed E-state index contributed by atoms with van der Waals surface area (Å²) in [5.74, 6) is 0. The van der Waals surface area contributed by atoms with Crippen LogP contribution in [0.5, 0.6) is 0 Å². The van der Waals surface area contributed by atoms with Gasteiger partial charge in [-0.05, 0) is 89.1 Å². The molecule has 1 atom stereocenters. The van der Waals surface area contributed by atoms with E-state index in [1.54, 1.807) is 62.4 Å². The van der Waals surface area contributed by atoms with Crippen LogP contribution in [0.1, 0.15) is 35.1 Å². The molecule has 0 amide bonds. The van der Waals surface area contributed by atoms with Crippen molar-refractivity contribution in [2.24, 2.45) is 0 Å². The molecule has 1 unspecified atom stereocenters. The summed E-state index contributed by atoms with van der Waals surface area (Å²) in [6, 6.07) is 23.0. The van der Waals surface area contributed by atoms with Gasteiger partial charge in [-0.15, -0.1) is 0 Å². The number of sulfonamides is 4. The molecule has 0 N–H and O–H groups in total. The smallest absolute Gasteiger partial charge is 0.243 e. The minimum Gasteiger partial charge on any atom is -0.302 e. The maximum Gasteiger partial charge on any atom is 0.243 e. The van der Waals surface area contributed by atoms with Crippen LogP contribution in [0.25, 0.3) is 0 Å². The summed E-state index contributed by atoms with van der Waals surface area (Å²) in [5.41, 5.74) is 3.26. The Hall–Kier alpha value is -3.81. The van der Waals surface area contributed by atoms with E-state index in [2.05, 4.69) is 0 Å². The molecule has 17 heteroatoms. The molecular weight excluding hydrogens is 797 g/mol. The Kier molecular flexibility index (Phi) is 13.7. The van der Waals surface area contributed by atoms with Gasteiger partial charge >= 0.3 is 0 Å². The summed E-state index contributed by atoms with van der Waals surface area (Å²) >= 11 is 0. The number of aryl methyl sites for hydroxylation is 4. The number of nitrogens with zero attached hydrogens (tertiary/aromatic N) is 4. The normalized spacial score (nSPS) is 18.6. The molecule has 56 heavy (non-hydrogen) atoms. The highest BCUT2D eigenvalue weighted by Gasteiger charge is 2.37. The highest BCUT2D eigenvalue weighted by Crippen LogP contribution is 2.25. The molecule has 0 saturated carbocycles. The summed E-state index contributed by atoms with van der Waals surface area (Å²) in [5, 5.41) is 0. The second-order valence-corrected chi connectivity index (χ2v) is 21.7. The third-order valence-corrected chi connectivity index (χ3v) is 17.4. The van der Waals surface area contributed by atoms with Gasteiger partial charge in [-0.3, -0.25) is 0 Å². The summed E-state index contributed by atoms with van der Waals surface area (Å²) < 4.78 is 118. The molecule has 0 bridgehead atoms. The van der Waals surface area contributed by atoms with Crippen molar-refractivity contribution in [3.05, 3.63) is 119 Å². The van der Waals surface area contributed by atoms with Crippen molar-refractivity contribution in [1.29, 1.82) is 0 Å². The quantitative estimate of drug-likeness (QED) is 0.223. The fourth-order valence-electron chi connectivity index (χ4n) is 6.36. The van der Waals surface area contributed by atoms with Crippen molar-refractivity contribution in [3.63, 3.8) is 0 Å². The highest BCUT2D eigenvalue weighted by molar-refractivity contribution is 7.90. The zero-order valence-electron chi connectivity index (χ0n) is 31.9. The van der Waals surface area contributed by atoms with Crippen molar-refractivity contribution in [1.82, 2.24) is 17.2 Å². The molecule has 1 fully saturated rings. The Bertz CT molecular complexity index is 2430. The van der Waals surface area contributed by atoms with Crippen molar-refractivity contribution in [2.45, 2.75) is 66.2 Å². The second-order valence-electron chi connectivity index (χ2n) is 13.9. The predicted molar refractivity (Wildman–Crippen MR) is 214 cm³/mol. The Balaban J connectivity index is 1.61. The van der Waals surface area contributed by atoms with Crippen molar-refractivity contribution >= 4 is 46.4 Å². The molecule has 0 radical (unpaired) electrons. The third kappa shape index (κ3) is 9.82. The Morgan fingerprint density at radius 3 is 1.04 bits per heavy atom. The van der Waals surface area contributed by atoms with E-state index in [4.69, 9.17) is 0 Å². The lowest BCUT2D eigenvalue weighted by Gasteiger charge is -2.33. The lowest BCUT2D eigenvalue weighted by Crippen LogP contribution is -2.51. The van der Waals surface area contributed by atoms with Crippen LogP contribution in [0.4, 0.5) is 0 Å². The maximum absolute atomic E-state index is 14.3. The summed E-state index contributed by atoms with van der Waals surface area (Å²) in [4.78, 5) is 12.7. The first kappa shape index (κ1) is 43.3. The fraction of sp³-hybridized carbons (Fsp3) is 0.359. The molecule has 4 aromatic carbocycles. The van der Waals surface area contributed by atoms with Gasteiger partial charge in [-0.25, -0.2) is 33.7 Å². The molecular formula is C39H48N4O9S4. The molecule has 0 aliphatic carbocycles. The van der Waals surface area contributed by atoms with Gasteiger partial charge < -0.3 is 4.79 Å². The van der Waals surface area contributed by atoms with Crippen LogP contribution in [0, 0.1) is 27.7 Å². The number of aldehydes is 1. The average molecular weight is 845 g/mol. The summed E-state index contributed by atoms with van der Waals surface area (Å²) in [7, 11) is -17.2. The molecule has 1 aliphatic heterocycles. The zero-order valence-corrected chi connectivity index (χ0v) is 35.1. The lowest BCUT2D eigenvalue weighted by molar-refractivity contribution is -0.111. The van der Waals surface area contributed by atoms with Crippen LogP contribution in [-0.2, 0) is 44.9 Å². The molecule has 1 aliphatic rings. The summed E-state index contributed by atoms with van der Waals surface area (Å²) in [6.45, 7) is 4.94. The van der Waals surface area contributed by atoms with Gasteiger partial charge in [0.1, 0.15) is 6.29 Å². The van der Waals surface area contributed by atoms with Gasteiger partial charge in [0.2, 0.25) is 40.1 Å². The lowest BCUT2D eigenvalue weighted by atomic mass is 10.2. The number of benzene rings is 4. The summed E-state index contributed by atoms with van der Waals surface area (Å²) in [6.07, 6.45) is 0.192. The van der Waals surface area contributed by atoms with Gasteiger partial charge in [0, 0.05) is 45.8 Å². The van der Waals surface area contributed by atoms with Crippen molar-refractivity contribution < 1.29 is 38.5 Å². The van der Waals surface area contributed by atoms with E-state index in [1.807, 2.05) is 13.8 Å². The molecule has 1 saturated heterocycles. The molecule has 1 heterocycles. The largest absolute Gasteiger partial charge is 0.302 e. The van der Waals surface area contributed by atoms with Crippen LogP contribution < -0.4 is 0 Å². The molecule has 0 spiro atoms. The number of carbonyl (C=O) groups excluding carboxylic acids is 1. The van der Waals surface area contributed by atoms with E-state index in [0.717, 1.165) is 39.5 Å². The van der Waals surface area contributed by atoms with Gasteiger partial charge in [0.15, 0.2) is 0 Å². The molecule has 13 nitrogen and oxygen atoms in total. The topological polar surface area (TPSA) is 167 Å². The van der Waals surface area contributed by atoms with Crippen molar-refractivity contribution in [2.75, 3.05) is 45.8 Å². The van der Waals surface area contributed by atoms with Gasteiger partial charge in [-0.1, -0.05) is 70.8 Å². The minimum absolute atomic E-state index is 0.0146. The number of rotatable bonds is 9. The van der Waals surface area contributed by atoms with E-state index in [1.165, 1.54) is 48.5 Å². The van der Waals surface area contributed by atoms with Gasteiger partial charge in [-0.2, -0.15) is 17.2 Å². The van der Waals surface area contributed by atoms with Gasteiger partial charge in [0.05, 0.1) is 25.6 Å². The van der Waals surface area contributed by atoms with Crippen LogP contribution in [0.2, 0.25) is 0 Å². The van der Waals surface area contributed by atoms with Crippen LogP contribution in [-0.4, -0.2) is 109 Å². The van der Waals surface area contributed by atoms with Crippen LogP contribution in [0.15, 0.2) is 117 Å². The van der Waals surface area contributed by atoms with E-state index >= 15 is 0 Å². The first-order chi connectivity index (χ1) is 26.4. The first-order valence-corrected chi connectivity index (χ1v) is 23.9. The van der Waals surface area contributed by atoms with Crippen molar-refractivity contribution in [3.8, 4) is 0 Å². The molecule has 5 rings (SSSR count). The number of carbonyl (C=O) groups is 1. The predicted octanol–water partition coefficient (Wildman–Crippen LogP) is 4.34. The third-order valence-electron chi connectivity index (χ3n) is 9.72. The standard InChI is InChI=1S/C39H48N4O9S4/c1-31-7-15-36(16-8-31)53(45,46)40-23-5-25-42(55(49,50)38-19-11-33(3)12-20-38)29-35(30-44)43(56(51,52)39-21-13-34(4)14-22-39)26-6-24-41(28-27-40)54(47,48)37-17-9-32(2)10-18-37/h7-22,30,35H,5-6,23-29H2,1-4H3. The monoisotopic (exact) mass is 844 g/mol. The number of hydrogen-bond donors (Lipinski definition) is 0. The number of hydrogen-bond acceptors (Lipinski definition) is 9. The average Bonchev–Trinajstić information content (AvgIpc) is 3.15. The zero-order chi connectivity index (χ0) is 40.9. The van der Waals surface area contributed by atoms with E-state index in [-0.39, 0.29) is 71.7 Å². The second kappa shape index (κ2) is 17.8. The Morgan fingerprint density at radius 2 is 0.696 bits per heavy atom. The van der Waals surface area contributed by atoms with Gasteiger partial charge in [0.25, 0.3) is 0 Å². The Labute approximate surface area is 331 Å². The van der Waals surface area contributed by atoms with Crippen LogP contribution in [0.3, 0.4) is 0 Å². The fourth-order valence-corrected chi connectivity index (χ4v) is 12.4. The molecule has 0 aromatic heterocycles. The Morgan fingerprint density at radius 1 is 0.411 bits per heavy atom. The SMILES string of the molecule is Cc1ccc(S(=O)(=O)N2CCCN(S(=O)(=O)c3ccc(C)cc3)CC(C=O)N(S(=O)(=O)c3ccc(C)cc3)CCCN(S(=O)(=O)c3ccc(C)cc3)CC2)cc1. The molecule has 4 aromatic rings. The van der Waals surface area contributed by atoms with E-state index in [0.29, 0.717) is 6.29 Å². The maximum atomic E-state index is 14.3. The first-order valence-electron chi connectivity index (χ1n) is 18.1. The minimum atomic E-state index is -4.43. The van der Waals surface area contributed by atoms with E-state index < -0.39 is 52.7 Å². The molecule has 302 valence electrons. The van der Waals surface area contributed by atoms with E-state index in [9.17, 15) is 38.5 Å². The highest BCUT2D eigenvalue weighted by atomic mass is 32.2. The van der Waals surface area contributed by atoms with Crippen LogP contribution >= 0.6 is 0 Å².